The first-order chi connectivity index (χ1) is 11.2. The standard InChI is InChI=1S/C14H12ClN3O5S/c1-9-2-4-12(5-3-9)24(22,23)17-16-8-10-6-11(15)7-13(14(10)19)18(20)21/h2-8,17,19H,1H3/b16-8+. The topological polar surface area (TPSA) is 122 Å². The molecule has 0 saturated heterocycles. The Labute approximate surface area is 142 Å². The highest BCUT2D eigenvalue weighted by molar-refractivity contribution is 7.89. The van der Waals surface area contributed by atoms with E-state index in [9.17, 15) is 23.6 Å². The number of nitrogens with zero attached hydrogens (tertiary/aromatic N) is 2. The summed E-state index contributed by atoms with van der Waals surface area (Å²) in [6, 6.07) is 8.27. The molecule has 0 aliphatic carbocycles. The maximum Gasteiger partial charge on any atom is 0.312 e. The van der Waals surface area contributed by atoms with Crippen LogP contribution in [0.4, 0.5) is 5.69 Å². The van der Waals surface area contributed by atoms with Gasteiger partial charge in [0, 0.05) is 16.7 Å². The molecule has 8 nitrogen and oxygen atoms in total. The molecule has 2 N–H and O–H groups in total. The van der Waals surface area contributed by atoms with Crippen LogP contribution >= 0.6 is 11.6 Å². The highest BCUT2D eigenvalue weighted by Crippen LogP contribution is 2.32. The summed E-state index contributed by atoms with van der Waals surface area (Å²) in [5.74, 6) is -0.664. The summed E-state index contributed by atoms with van der Waals surface area (Å²) in [7, 11) is -3.89. The summed E-state index contributed by atoms with van der Waals surface area (Å²) in [6.07, 6.45) is 0.931. The van der Waals surface area contributed by atoms with Gasteiger partial charge < -0.3 is 5.11 Å². The number of aromatic hydroxyl groups is 1. The van der Waals surface area contributed by atoms with E-state index in [-0.39, 0.29) is 15.5 Å². The molecular weight excluding hydrogens is 358 g/mol. The van der Waals surface area contributed by atoms with Crippen LogP contribution in [-0.4, -0.2) is 24.7 Å². The predicted molar refractivity (Wildman–Crippen MR) is 88.9 cm³/mol. The van der Waals surface area contributed by atoms with E-state index in [1.54, 1.807) is 12.1 Å². The lowest BCUT2D eigenvalue weighted by atomic mass is 10.2. The van der Waals surface area contributed by atoms with Gasteiger partial charge in [0.25, 0.3) is 10.0 Å². The van der Waals surface area contributed by atoms with Crippen LogP contribution in [0.15, 0.2) is 46.4 Å². The van der Waals surface area contributed by atoms with Crippen molar-refractivity contribution in [3.05, 3.63) is 62.7 Å². The highest BCUT2D eigenvalue weighted by atomic mass is 35.5. The fourth-order valence-electron chi connectivity index (χ4n) is 1.78. The van der Waals surface area contributed by atoms with Crippen molar-refractivity contribution in [2.24, 2.45) is 5.10 Å². The highest BCUT2D eigenvalue weighted by Gasteiger charge is 2.18. The minimum absolute atomic E-state index is 0.00217. The summed E-state index contributed by atoms with van der Waals surface area (Å²) in [4.78, 5) is 12.0. The smallest absolute Gasteiger partial charge is 0.312 e. The van der Waals surface area contributed by atoms with Gasteiger partial charge in [0.2, 0.25) is 5.75 Å². The number of halogens is 1. The van der Waals surface area contributed by atoms with E-state index in [0.29, 0.717) is 0 Å². The van der Waals surface area contributed by atoms with Crippen LogP contribution in [0.5, 0.6) is 5.75 Å². The van der Waals surface area contributed by atoms with Crippen molar-refractivity contribution in [3.8, 4) is 5.75 Å². The molecule has 24 heavy (non-hydrogen) atoms. The van der Waals surface area contributed by atoms with Crippen LogP contribution in [0.25, 0.3) is 0 Å². The van der Waals surface area contributed by atoms with Crippen LogP contribution < -0.4 is 4.83 Å². The molecule has 0 heterocycles. The second-order valence-corrected chi connectivity index (χ2v) is 6.88. The molecule has 0 saturated carbocycles. The maximum absolute atomic E-state index is 12.0. The first-order valence-corrected chi connectivity index (χ1v) is 8.35. The lowest BCUT2D eigenvalue weighted by Gasteiger charge is -2.04. The number of benzene rings is 2. The first-order valence-electron chi connectivity index (χ1n) is 6.49. The van der Waals surface area contributed by atoms with Gasteiger partial charge in [-0.3, -0.25) is 10.1 Å². The molecule has 10 heteroatoms. The molecule has 0 atom stereocenters. The number of hydrogen-bond acceptors (Lipinski definition) is 6. The number of nitro groups is 1. The summed E-state index contributed by atoms with van der Waals surface area (Å²) in [6.45, 7) is 1.82. The average molecular weight is 370 g/mol. The maximum atomic E-state index is 12.0. The van der Waals surface area contributed by atoms with E-state index in [1.807, 2.05) is 11.8 Å². The van der Waals surface area contributed by atoms with Crippen molar-refractivity contribution in [2.45, 2.75) is 11.8 Å². The monoisotopic (exact) mass is 369 g/mol. The Kier molecular flexibility index (Phi) is 5.05. The Morgan fingerprint density at radius 3 is 2.50 bits per heavy atom. The SMILES string of the molecule is Cc1ccc(S(=O)(=O)N/N=C/c2cc(Cl)cc([N+](=O)[O-])c2O)cc1. The zero-order valence-electron chi connectivity index (χ0n) is 12.3. The molecule has 0 unspecified atom stereocenters. The summed E-state index contributed by atoms with van der Waals surface area (Å²) < 4.78 is 24.1. The van der Waals surface area contributed by atoms with Crippen LogP contribution in [0.1, 0.15) is 11.1 Å². The fraction of sp³-hybridized carbons (Fsp3) is 0.0714. The van der Waals surface area contributed by atoms with Gasteiger partial charge in [-0.2, -0.15) is 13.5 Å². The normalized spacial score (nSPS) is 11.6. The first kappa shape index (κ1) is 17.7. The number of hydrogen-bond donors (Lipinski definition) is 2. The molecule has 2 aromatic carbocycles. The van der Waals surface area contributed by atoms with Crippen molar-refractivity contribution >= 4 is 33.5 Å². The van der Waals surface area contributed by atoms with Crippen molar-refractivity contribution < 1.29 is 18.4 Å². The predicted octanol–water partition coefficient (Wildman–Crippen LogP) is 2.57. The second-order valence-electron chi connectivity index (χ2n) is 4.79. The third-order valence-electron chi connectivity index (χ3n) is 2.99. The number of aryl methyl sites for hydroxylation is 1. The second kappa shape index (κ2) is 6.85. The molecule has 0 radical (unpaired) electrons. The lowest BCUT2D eigenvalue weighted by molar-refractivity contribution is -0.385. The molecule has 0 aliphatic rings. The van der Waals surface area contributed by atoms with Gasteiger partial charge in [0.1, 0.15) is 0 Å². The lowest BCUT2D eigenvalue weighted by Crippen LogP contribution is -2.18. The van der Waals surface area contributed by atoms with E-state index >= 15 is 0 Å². The van der Waals surface area contributed by atoms with Crippen molar-refractivity contribution in [1.29, 1.82) is 0 Å². The Morgan fingerprint density at radius 1 is 1.29 bits per heavy atom. The number of phenolic OH excluding ortho intramolecular Hbond substituents is 1. The quantitative estimate of drug-likeness (QED) is 0.476. The molecular formula is C14H12ClN3O5S. The molecule has 0 fully saturated rings. The van der Waals surface area contributed by atoms with Gasteiger partial charge in [-0.25, -0.2) is 4.83 Å². The summed E-state index contributed by atoms with van der Waals surface area (Å²) in [5, 5.41) is 24.1. The third-order valence-corrected chi connectivity index (χ3v) is 4.45. The summed E-state index contributed by atoms with van der Waals surface area (Å²) in [5.41, 5.74) is 0.194. The minimum Gasteiger partial charge on any atom is -0.502 e. The zero-order valence-corrected chi connectivity index (χ0v) is 13.9. The third kappa shape index (κ3) is 4.00. The molecule has 0 amide bonds. The van der Waals surface area contributed by atoms with E-state index in [1.165, 1.54) is 18.2 Å². The fourth-order valence-corrected chi connectivity index (χ4v) is 2.79. The Bertz CT molecular complexity index is 911. The minimum atomic E-state index is -3.89. The van der Waals surface area contributed by atoms with Crippen LogP contribution in [0.2, 0.25) is 5.02 Å². The molecule has 2 aromatic rings. The Morgan fingerprint density at radius 2 is 1.92 bits per heavy atom. The van der Waals surface area contributed by atoms with Crippen molar-refractivity contribution in [2.75, 3.05) is 0 Å². The van der Waals surface area contributed by atoms with Crippen LogP contribution in [0, 0.1) is 17.0 Å². The average Bonchev–Trinajstić information content (AvgIpc) is 2.50. The number of nitro benzene ring substituents is 1. The van der Waals surface area contributed by atoms with E-state index in [4.69, 9.17) is 11.6 Å². The van der Waals surface area contributed by atoms with Gasteiger partial charge in [0.05, 0.1) is 16.0 Å². The zero-order chi connectivity index (χ0) is 17.9. The van der Waals surface area contributed by atoms with Crippen molar-refractivity contribution in [1.82, 2.24) is 4.83 Å². The van der Waals surface area contributed by atoms with Gasteiger partial charge in [0.15, 0.2) is 0 Å². The molecule has 126 valence electrons. The molecule has 0 aromatic heterocycles. The van der Waals surface area contributed by atoms with Crippen LogP contribution in [0.3, 0.4) is 0 Å². The number of nitrogens with one attached hydrogen (secondary N) is 1. The van der Waals surface area contributed by atoms with Gasteiger partial charge >= 0.3 is 5.69 Å². The molecule has 0 bridgehead atoms. The summed E-state index contributed by atoms with van der Waals surface area (Å²) >= 11 is 5.73. The Hall–Kier alpha value is -2.65. The number of phenols is 1. The van der Waals surface area contributed by atoms with E-state index < -0.39 is 26.4 Å². The molecule has 0 aliphatic heterocycles. The van der Waals surface area contributed by atoms with Gasteiger partial charge in [-0.05, 0) is 25.1 Å². The number of hydrazone groups is 1. The molecule has 2 rings (SSSR count). The van der Waals surface area contributed by atoms with Crippen LogP contribution in [-0.2, 0) is 10.0 Å². The number of rotatable bonds is 5. The molecule has 0 spiro atoms. The Balaban J connectivity index is 2.26. The van der Waals surface area contributed by atoms with E-state index in [2.05, 4.69) is 5.10 Å². The number of sulfonamides is 1. The van der Waals surface area contributed by atoms with Gasteiger partial charge in [-0.1, -0.05) is 29.3 Å². The van der Waals surface area contributed by atoms with Gasteiger partial charge in [-0.15, -0.1) is 0 Å². The van der Waals surface area contributed by atoms with Crippen molar-refractivity contribution in [3.63, 3.8) is 0 Å². The largest absolute Gasteiger partial charge is 0.502 e. The van der Waals surface area contributed by atoms with E-state index in [0.717, 1.165) is 17.8 Å².